The molecular weight excluding hydrogens is 244 g/mol. The fraction of sp³-hybridized carbons (Fsp3) is 0.385. The fourth-order valence-electron chi connectivity index (χ4n) is 1.88. The highest BCUT2D eigenvalue weighted by Crippen LogP contribution is 2.22. The number of aryl methyl sites for hydroxylation is 1. The highest BCUT2D eigenvalue weighted by atomic mass is 32.1. The molecule has 0 aliphatic heterocycles. The molecule has 2 aromatic heterocycles. The third-order valence-corrected chi connectivity index (χ3v) is 3.56. The highest BCUT2D eigenvalue weighted by Gasteiger charge is 2.12. The summed E-state index contributed by atoms with van der Waals surface area (Å²) >= 11 is 1.67. The van der Waals surface area contributed by atoms with Crippen molar-refractivity contribution in [2.24, 2.45) is 5.73 Å². The second kappa shape index (κ2) is 5.46. The zero-order chi connectivity index (χ0) is 13.1. The van der Waals surface area contributed by atoms with E-state index in [1.54, 1.807) is 17.5 Å². The maximum absolute atomic E-state index is 5.97. The summed E-state index contributed by atoms with van der Waals surface area (Å²) < 4.78 is 0. The van der Waals surface area contributed by atoms with Crippen LogP contribution in [0.25, 0.3) is 0 Å². The van der Waals surface area contributed by atoms with Crippen molar-refractivity contribution in [3.05, 3.63) is 40.0 Å². The molecule has 0 bridgehead atoms. The van der Waals surface area contributed by atoms with Gasteiger partial charge in [-0.1, -0.05) is 6.07 Å². The lowest BCUT2D eigenvalue weighted by molar-refractivity contribution is 0.784. The van der Waals surface area contributed by atoms with Crippen LogP contribution in [0.1, 0.15) is 29.2 Å². The zero-order valence-corrected chi connectivity index (χ0v) is 11.7. The van der Waals surface area contributed by atoms with Gasteiger partial charge in [-0.3, -0.25) is 0 Å². The van der Waals surface area contributed by atoms with Crippen LogP contribution < -0.4 is 10.6 Å². The molecule has 18 heavy (non-hydrogen) atoms. The Kier molecular flexibility index (Phi) is 3.93. The van der Waals surface area contributed by atoms with Crippen molar-refractivity contribution in [2.45, 2.75) is 26.4 Å². The van der Waals surface area contributed by atoms with Gasteiger partial charge >= 0.3 is 0 Å². The summed E-state index contributed by atoms with van der Waals surface area (Å²) in [5, 5.41) is 3.17. The maximum Gasteiger partial charge on any atom is 0.133 e. The zero-order valence-electron chi connectivity index (χ0n) is 10.9. The average molecular weight is 262 g/mol. The first-order valence-electron chi connectivity index (χ1n) is 5.90. The Labute approximate surface area is 111 Å². The average Bonchev–Trinajstić information content (AvgIpc) is 2.74. The van der Waals surface area contributed by atoms with Crippen LogP contribution in [0.4, 0.5) is 5.82 Å². The molecule has 2 rings (SSSR count). The molecule has 0 radical (unpaired) electrons. The Morgan fingerprint density at radius 3 is 2.89 bits per heavy atom. The molecule has 0 amide bonds. The highest BCUT2D eigenvalue weighted by molar-refractivity contribution is 7.09. The number of hydrogen-bond acceptors (Lipinski definition) is 5. The van der Waals surface area contributed by atoms with E-state index in [1.807, 2.05) is 33.0 Å². The van der Waals surface area contributed by atoms with Crippen LogP contribution in [0, 0.1) is 6.92 Å². The second-order valence-electron chi connectivity index (χ2n) is 4.42. The van der Waals surface area contributed by atoms with Crippen molar-refractivity contribution in [1.29, 1.82) is 0 Å². The molecule has 2 aromatic rings. The third-order valence-electron chi connectivity index (χ3n) is 2.73. The van der Waals surface area contributed by atoms with Gasteiger partial charge in [0.2, 0.25) is 0 Å². The molecule has 96 valence electrons. The monoisotopic (exact) mass is 262 g/mol. The molecule has 0 unspecified atom stereocenters. The predicted octanol–water partition coefficient (Wildman–Crippen LogP) is 2.50. The number of hydrogen-bond donors (Lipinski definition) is 1. The molecule has 0 saturated carbocycles. The van der Waals surface area contributed by atoms with Crippen LogP contribution in [0.5, 0.6) is 0 Å². The van der Waals surface area contributed by atoms with E-state index in [0.29, 0.717) is 0 Å². The number of pyridine rings is 1. The number of aromatic nitrogens is 2. The minimum atomic E-state index is -0.0201. The van der Waals surface area contributed by atoms with Crippen molar-refractivity contribution in [2.75, 3.05) is 11.9 Å². The number of thiazole rings is 1. The molecule has 0 aliphatic rings. The van der Waals surface area contributed by atoms with Gasteiger partial charge in [0.05, 0.1) is 17.2 Å². The number of nitrogens with zero attached hydrogens (tertiary/aromatic N) is 3. The summed E-state index contributed by atoms with van der Waals surface area (Å²) in [7, 11) is 2.02. The number of rotatable bonds is 4. The summed E-state index contributed by atoms with van der Waals surface area (Å²) in [4.78, 5) is 11.0. The maximum atomic E-state index is 5.97. The molecule has 0 spiro atoms. The summed E-state index contributed by atoms with van der Waals surface area (Å²) in [5.74, 6) is 0.929. The molecular formula is C13H18N4S. The standard InChI is InChI=1S/C13H18N4S/c1-9(14)12-5-4-6-15-13(12)17(3)7-11-8-18-10(2)16-11/h4-6,8-9H,7,14H2,1-3H3/t9-/m0/s1. The van der Waals surface area contributed by atoms with Crippen molar-refractivity contribution in [1.82, 2.24) is 9.97 Å². The van der Waals surface area contributed by atoms with E-state index in [0.717, 1.165) is 28.6 Å². The molecule has 0 saturated heterocycles. The van der Waals surface area contributed by atoms with Gasteiger partial charge in [-0.15, -0.1) is 11.3 Å². The van der Waals surface area contributed by atoms with Gasteiger partial charge in [-0.05, 0) is 19.9 Å². The van der Waals surface area contributed by atoms with Crippen molar-refractivity contribution in [3.63, 3.8) is 0 Å². The summed E-state index contributed by atoms with van der Waals surface area (Å²) in [6.07, 6.45) is 1.80. The van der Waals surface area contributed by atoms with E-state index < -0.39 is 0 Å². The van der Waals surface area contributed by atoms with Crippen LogP contribution in [0.3, 0.4) is 0 Å². The summed E-state index contributed by atoms with van der Waals surface area (Å²) in [5.41, 5.74) is 8.10. The Morgan fingerprint density at radius 1 is 1.50 bits per heavy atom. The van der Waals surface area contributed by atoms with Crippen LogP contribution in [-0.4, -0.2) is 17.0 Å². The van der Waals surface area contributed by atoms with Crippen molar-refractivity contribution < 1.29 is 0 Å². The smallest absolute Gasteiger partial charge is 0.133 e. The van der Waals surface area contributed by atoms with Crippen LogP contribution >= 0.6 is 11.3 Å². The van der Waals surface area contributed by atoms with Gasteiger partial charge in [-0.2, -0.15) is 0 Å². The van der Waals surface area contributed by atoms with Gasteiger partial charge in [0.1, 0.15) is 5.82 Å². The van der Waals surface area contributed by atoms with Crippen molar-refractivity contribution in [3.8, 4) is 0 Å². The minimum absolute atomic E-state index is 0.0201. The predicted molar refractivity (Wildman–Crippen MR) is 75.8 cm³/mol. The summed E-state index contributed by atoms with van der Waals surface area (Å²) in [6, 6.07) is 3.92. The Balaban J connectivity index is 2.20. The molecule has 0 aliphatic carbocycles. The number of anilines is 1. The SMILES string of the molecule is Cc1nc(CN(C)c2ncccc2[C@H](C)N)cs1. The largest absolute Gasteiger partial charge is 0.353 e. The quantitative estimate of drug-likeness (QED) is 0.920. The topological polar surface area (TPSA) is 55.0 Å². The van der Waals surface area contributed by atoms with E-state index in [-0.39, 0.29) is 6.04 Å². The van der Waals surface area contributed by atoms with E-state index in [9.17, 15) is 0 Å². The lowest BCUT2D eigenvalue weighted by Crippen LogP contribution is -2.21. The Morgan fingerprint density at radius 2 is 2.28 bits per heavy atom. The van der Waals surface area contributed by atoms with Gasteiger partial charge in [0.25, 0.3) is 0 Å². The molecule has 5 heteroatoms. The van der Waals surface area contributed by atoms with Gasteiger partial charge in [0, 0.05) is 30.2 Å². The Bertz CT molecular complexity index is 521. The van der Waals surface area contributed by atoms with E-state index in [2.05, 4.69) is 20.2 Å². The third kappa shape index (κ3) is 2.86. The first kappa shape index (κ1) is 13.0. The van der Waals surface area contributed by atoms with Crippen LogP contribution in [-0.2, 0) is 6.54 Å². The normalized spacial score (nSPS) is 12.4. The van der Waals surface area contributed by atoms with Gasteiger partial charge < -0.3 is 10.6 Å². The molecule has 2 N–H and O–H groups in total. The minimum Gasteiger partial charge on any atom is -0.353 e. The first-order valence-corrected chi connectivity index (χ1v) is 6.78. The van der Waals surface area contributed by atoms with E-state index in [4.69, 9.17) is 5.73 Å². The Hall–Kier alpha value is -1.46. The van der Waals surface area contributed by atoms with Gasteiger partial charge in [0.15, 0.2) is 0 Å². The van der Waals surface area contributed by atoms with E-state index >= 15 is 0 Å². The molecule has 4 nitrogen and oxygen atoms in total. The van der Waals surface area contributed by atoms with Crippen LogP contribution in [0.2, 0.25) is 0 Å². The van der Waals surface area contributed by atoms with Gasteiger partial charge in [-0.25, -0.2) is 9.97 Å². The van der Waals surface area contributed by atoms with E-state index in [1.165, 1.54) is 0 Å². The van der Waals surface area contributed by atoms with Crippen molar-refractivity contribution >= 4 is 17.2 Å². The summed E-state index contributed by atoms with van der Waals surface area (Å²) in [6.45, 7) is 4.74. The van der Waals surface area contributed by atoms with Crippen LogP contribution in [0.15, 0.2) is 23.7 Å². The molecule has 0 aromatic carbocycles. The molecule has 0 fully saturated rings. The molecule has 1 atom stereocenters. The lowest BCUT2D eigenvalue weighted by Gasteiger charge is -2.21. The lowest BCUT2D eigenvalue weighted by atomic mass is 10.1. The first-order chi connectivity index (χ1) is 8.58. The fourth-order valence-corrected chi connectivity index (χ4v) is 2.49. The second-order valence-corrected chi connectivity index (χ2v) is 5.48. The molecule has 2 heterocycles. The number of nitrogens with two attached hydrogens (primary N) is 1.